The topological polar surface area (TPSA) is 51.2 Å². The van der Waals surface area contributed by atoms with E-state index in [2.05, 4.69) is 10.3 Å². The highest BCUT2D eigenvalue weighted by Gasteiger charge is 2.09. The summed E-state index contributed by atoms with van der Waals surface area (Å²) in [5, 5.41) is 3.97. The van der Waals surface area contributed by atoms with Crippen LogP contribution in [0.4, 0.5) is 5.13 Å². The highest BCUT2D eigenvalue weighted by molar-refractivity contribution is 7.15. The summed E-state index contributed by atoms with van der Waals surface area (Å²) in [4.78, 5) is 17.1. The zero-order chi connectivity index (χ0) is 14.7. The lowest BCUT2D eigenvalue weighted by Gasteiger charge is -2.08. The molecule has 0 fully saturated rings. The summed E-state index contributed by atoms with van der Waals surface area (Å²) in [6.45, 7) is 5.71. The van der Waals surface area contributed by atoms with Crippen LogP contribution < -0.4 is 10.1 Å². The van der Waals surface area contributed by atoms with E-state index in [1.54, 1.807) is 18.2 Å². The van der Waals surface area contributed by atoms with Crippen LogP contribution in [-0.4, -0.2) is 17.5 Å². The first-order valence-electron chi connectivity index (χ1n) is 6.08. The van der Waals surface area contributed by atoms with Gasteiger partial charge in [0.2, 0.25) is 0 Å². The van der Waals surface area contributed by atoms with E-state index < -0.39 is 0 Å². The molecule has 0 aliphatic heterocycles. The van der Waals surface area contributed by atoms with Crippen LogP contribution >= 0.6 is 22.9 Å². The van der Waals surface area contributed by atoms with Gasteiger partial charge < -0.3 is 4.74 Å². The molecule has 1 N–H and O–H groups in total. The minimum atomic E-state index is -0.229. The molecule has 1 heterocycles. The SMILES string of the molecule is Cc1cc(Cl)ccc1OCC(=O)Nc1nc(C)c(C)s1. The smallest absolute Gasteiger partial charge is 0.264 e. The monoisotopic (exact) mass is 310 g/mol. The molecular weight excluding hydrogens is 296 g/mol. The Morgan fingerprint density at radius 1 is 1.40 bits per heavy atom. The van der Waals surface area contributed by atoms with Gasteiger partial charge in [-0.15, -0.1) is 11.3 Å². The Labute approximate surface area is 126 Å². The molecule has 0 bridgehead atoms. The lowest BCUT2D eigenvalue weighted by atomic mass is 10.2. The molecule has 4 nitrogen and oxygen atoms in total. The standard InChI is InChI=1S/C14H15ClN2O2S/c1-8-6-11(15)4-5-12(8)19-7-13(18)17-14-16-9(2)10(3)20-14/h4-6H,7H2,1-3H3,(H,16,17,18). The molecule has 1 aromatic heterocycles. The van der Waals surface area contributed by atoms with Gasteiger partial charge in [0, 0.05) is 9.90 Å². The first kappa shape index (κ1) is 14.8. The number of hydrogen-bond donors (Lipinski definition) is 1. The van der Waals surface area contributed by atoms with Gasteiger partial charge in [0.1, 0.15) is 5.75 Å². The van der Waals surface area contributed by atoms with Gasteiger partial charge in [0.05, 0.1) is 5.69 Å². The molecule has 6 heteroatoms. The number of amides is 1. The predicted octanol–water partition coefficient (Wildman–Crippen LogP) is 3.74. The molecule has 2 rings (SSSR count). The van der Waals surface area contributed by atoms with Crippen LogP contribution in [0.2, 0.25) is 5.02 Å². The maximum absolute atomic E-state index is 11.8. The first-order valence-corrected chi connectivity index (χ1v) is 7.28. The number of nitrogens with zero attached hydrogens (tertiary/aromatic N) is 1. The second-order valence-corrected chi connectivity index (χ2v) is 6.05. The summed E-state index contributed by atoms with van der Waals surface area (Å²) >= 11 is 7.32. The van der Waals surface area contributed by atoms with Crippen molar-refractivity contribution < 1.29 is 9.53 Å². The van der Waals surface area contributed by atoms with Gasteiger partial charge in [-0.3, -0.25) is 10.1 Å². The van der Waals surface area contributed by atoms with Gasteiger partial charge in [-0.1, -0.05) is 11.6 Å². The molecule has 0 atom stereocenters. The van der Waals surface area contributed by atoms with E-state index in [0.717, 1.165) is 16.1 Å². The van der Waals surface area contributed by atoms with Crippen LogP contribution in [0.5, 0.6) is 5.75 Å². The molecule has 1 amide bonds. The number of benzene rings is 1. The number of ether oxygens (including phenoxy) is 1. The normalized spacial score (nSPS) is 10.4. The number of thiazole rings is 1. The van der Waals surface area contributed by atoms with Gasteiger partial charge in [-0.2, -0.15) is 0 Å². The summed E-state index contributed by atoms with van der Waals surface area (Å²) in [6.07, 6.45) is 0. The van der Waals surface area contributed by atoms with E-state index in [1.807, 2.05) is 20.8 Å². The maximum atomic E-state index is 11.8. The van der Waals surface area contributed by atoms with Crippen molar-refractivity contribution in [3.05, 3.63) is 39.4 Å². The minimum absolute atomic E-state index is 0.0554. The van der Waals surface area contributed by atoms with Crippen molar-refractivity contribution in [3.8, 4) is 5.75 Å². The zero-order valence-electron chi connectivity index (χ0n) is 11.5. The number of aryl methyl sites for hydroxylation is 3. The van der Waals surface area contributed by atoms with E-state index in [1.165, 1.54) is 11.3 Å². The Kier molecular flexibility index (Phi) is 4.62. The van der Waals surface area contributed by atoms with Crippen molar-refractivity contribution in [2.75, 3.05) is 11.9 Å². The summed E-state index contributed by atoms with van der Waals surface area (Å²) in [5.41, 5.74) is 1.83. The molecule has 0 aliphatic carbocycles. The molecule has 2 aromatic rings. The Hall–Kier alpha value is -1.59. The Balaban J connectivity index is 1.92. The highest BCUT2D eigenvalue weighted by Crippen LogP contribution is 2.23. The maximum Gasteiger partial charge on any atom is 0.264 e. The van der Waals surface area contributed by atoms with Crippen molar-refractivity contribution >= 4 is 34.0 Å². The Bertz CT molecular complexity index is 621. The summed E-state index contributed by atoms with van der Waals surface area (Å²) in [5.74, 6) is 0.421. The van der Waals surface area contributed by atoms with Gasteiger partial charge >= 0.3 is 0 Å². The number of nitrogens with one attached hydrogen (secondary N) is 1. The van der Waals surface area contributed by atoms with E-state index in [-0.39, 0.29) is 12.5 Å². The molecule has 0 aliphatic rings. The second-order valence-electron chi connectivity index (χ2n) is 4.41. The molecule has 1 aromatic carbocycles. The van der Waals surface area contributed by atoms with Crippen LogP contribution in [-0.2, 0) is 4.79 Å². The predicted molar refractivity (Wildman–Crippen MR) is 81.9 cm³/mol. The van der Waals surface area contributed by atoms with Crippen molar-refractivity contribution in [1.82, 2.24) is 4.98 Å². The number of hydrogen-bond acceptors (Lipinski definition) is 4. The molecule has 0 saturated heterocycles. The highest BCUT2D eigenvalue weighted by atomic mass is 35.5. The largest absolute Gasteiger partial charge is 0.483 e. The van der Waals surface area contributed by atoms with E-state index in [0.29, 0.717) is 15.9 Å². The number of rotatable bonds is 4. The van der Waals surface area contributed by atoms with Gasteiger partial charge in [0.15, 0.2) is 11.7 Å². The zero-order valence-corrected chi connectivity index (χ0v) is 13.1. The van der Waals surface area contributed by atoms with Crippen molar-refractivity contribution in [1.29, 1.82) is 0 Å². The van der Waals surface area contributed by atoms with Crippen molar-refractivity contribution in [2.45, 2.75) is 20.8 Å². The number of aromatic nitrogens is 1. The van der Waals surface area contributed by atoms with Gasteiger partial charge in [-0.25, -0.2) is 4.98 Å². The fourth-order valence-corrected chi connectivity index (χ4v) is 2.66. The van der Waals surface area contributed by atoms with Crippen molar-refractivity contribution in [2.24, 2.45) is 0 Å². The molecule has 0 radical (unpaired) electrons. The molecular formula is C14H15ClN2O2S. The average Bonchev–Trinajstić information content (AvgIpc) is 2.67. The molecule has 0 unspecified atom stereocenters. The second kappa shape index (κ2) is 6.24. The number of carbonyl (C=O) groups excluding carboxylic acids is 1. The fourth-order valence-electron chi connectivity index (χ4n) is 1.60. The Morgan fingerprint density at radius 2 is 2.15 bits per heavy atom. The number of halogens is 1. The van der Waals surface area contributed by atoms with Gasteiger partial charge in [0.25, 0.3) is 5.91 Å². The minimum Gasteiger partial charge on any atom is -0.483 e. The summed E-state index contributed by atoms with van der Waals surface area (Å²) in [6, 6.07) is 5.28. The molecule has 0 spiro atoms. The lowest BCUT2D eigenvalue weighted by molar-refractivity contribution is -0.118. The molecule has 106 valence electrons. The van der Waals surface area contributed by atoms with Crippen LogP contribution in [0.3, 0.4) is 0 Å². The lowest BCUT2D eigenvalue weighted by Crippen LogP contribution is -2.20. The van der Waals surface area contributed by atoms with E-state index >= 15 is 0 Å². The van der Waals surface area contributed by atoms with Crippen LogP contribution in [0.25, 0.3) is 0 Å². The molecule has 20 heavy (non-hydrogen) atoms. The fraction of sp³-hybridized carbons (Fsp3) is 0.286. The average molecular weight is 311 g/mol. The van der Waals surface area contributed by atoms with Crippen LogP contribution in [0.15, 0.2) is 18.2 Å². The summed E-state index contributed by atoms with van der Waals surface area (Å²) < 4.78 is 5.47. The number of anilines is 1. The summed E-state index contributed by atoms with van der Waals surface area (Å²) in [7, 11) is 0. The van der Waals surface area contributed by atoms with E-state index in [9.17, 15) is 4.79 Å². The van der Waals surface area contributed by atoms with Crippen LogP contribution in [0, 0.1) is 20.8 Å². The Morgan fingerprint density at radius 3 is 2.75 bits per heavy atom. The number of carbonyl (C=O) groups is 1. The molecule has 0 saturated carbocycles. The third-order valence-electron chi connectivity index (χ3n) is 2.77. The van der Waals surface area contributed by atoms with Crippen molar-refractivity contribution in [3.63, 3.8) is 0 Å². The third-order valence-corrected chi connectivity index (χ3v) is 3.99. The quantitative estimate of drug-likeness (QED) is 0.936. The van der Waals surface area contributed by atoms with Gasteiger partial charge in [-0.05, 0) is 44.5 Å². The van der Waals surface area contributed by atoms with Crippen LogP contribution in [0.1, 0.15) is 16.1 Å². The first-order chi connectivity index (χ1) is 9.45. The third kappa shape index (κ3) is 3.71. The van der Waals surface area contributed by atoms with E-state index in [4.69, 9.17) is 16.3 Å².